The Bertz CT molecular complexity index is 1090. The van der Waals surface area contributed by atoms with Gasteiger partial charge in [-0.2, -0.15) is 0 Å². The molecule has 0 bridgehead atoms. The highest BCUT2D eigenvalue weighted by Gasteiger charge is 2.12. The van der Waals surface area contributed by atoms with E-state index in [4.69, 9.17) is 11.6 Å². The molecule has 0 spiro atoms. The van der Waals surface area contributed by atoms with Gasteiger partial charge in [0, 0.05) is 41.1 Å². The van der Waals surface area contributed by atoms with Crippen LogP contribution < -0.4 is 10.6 Å². The number of fused-ring (bicyclic) bond motifs is 1. The zero-order chi connectivity index (χ0) is 19.5. The fourth-order valence-electron chi connectivity index (χ4n) is 3.20. The summed E-state index contributed by atoms with van der Waals surface area (Å²) in [6, 6.07) is 16.4. The molecule has 4 nitrogen and oxygen atoms in total. The summed E-state index contributed by atoms with van der Waals surface area (Å²) in [6.45, 7) is 2.87. The molecule has 0 saturated carbocycles. The fourth-order valence-corrected chi connectivity index (χ4v) is 4.37. The number of benzene rings is 2. The maximum Gasteiger partial charge on any atom is 0.0643 e. The molecule has 6 heteroatoms. The average molecular weight is 409 g/mol. The van der Waals surface area contributed by atoms with Gasteiger partial charge in [-0.3, -0.25) is 8.96 Å². The summed E-state index contributed by atoms with van der Waals surface area (Å²) < 4.78 is 2.20. The third kappa shape index (κ3) is 3.87. The summed E-state index contributed by atoms with van der Waals surface area (Å²) in [5.41, 5.74) is 5.47. The molecule has 0 radical (unpaired) electrons. The zero-order valence-electron chi connectivity index (χ0n) is 15.7. The molecular weight excluding hydrogens is 388 g/mol. The van der Waals surface area contributed by atoms with Crippen molar-refractivity contribution in [1.29, 1.82) is 0 Å². The van der Waals surface area contributed by atoms with Gasteiger partial charge in [0.05, 0.1) is 16.2 Å². The van der Waals surface area contributed by atoms with Crippen molar-refractivity contribution in [2.45, 2.75) is 18.4 Å². The second-order valence-corrected chi connectivity index (χ2v) is 8.03. The van der Waals surface area contributed by atoms with Crippen LogP contribution in [0.1, 0.15) is 11.1 Å². The number of pyridine rings is 1. The maximum absolute atomic E-state index is 6.39. The predicted octanol–water partition coefficient (Wildman–Crippen LogP) is 6.02. The smallest absolute Gasteiger partial charge is 0.0643 e. The number of halogens is 1. The number of aryl methyl sites for hydroxylation is 1. The molecule has 4 rings (SSSR count). The largest absolute Gasteiger partial charge is 0.354 e. The number of nitrogens with one attached hydrogen (secondary N) is 2. The number of anilines is 2. The summed E-state index contributed by atoms with van der Waals surface area (Å²) in [7, 11) is 1.97. The fraction of sp³-hybridized carbons (Fsp3) is 0.136. The lowest BCUT2D eigenvalue weighted by Crippen LogP contribution is -2.04. The van der Waals surface area contributed by atoms with Gasteiger partial charge in [-0.1, -0.05) is 29.8 Å². The summed E-state index contributed by atoms with van der Waals surface area (Å²) >= 11 is 8.05. The molecule has 2 aromatic heterocycles. The molecule has 28 heavy (non-hydrogen) atoms. The van der Waals surface area contributed by atoms with Crippen LogP contribution in [0.25, 0.3) is 10.9 Å². The van der Waals surface area contributed by atoms with E-state index in [1.807, 2.05) is 31.4 Å². The first-order chi connectivity index (χ1) is 13.7. The standard InChI is InChI=1S/C22H21ClN4S/c1-15-5-3-7-20(23)22(15)26-17-8-9-19-16(12-24-2)14-27(21(19)11-17)28-18-6-4-10-25-13-18/h3-11,13-14,24,26H,12H2,1-2H3. The Morgan fingerprint density at radius 1 is 1.14 bits per heavy atom. The van der Waals surface area contributed by atoms with Gasteiger partial charge < -0.3 is 10.6 Å². The zero-order valence-corrected chi connectivity index (χ0v) is 17.3. The molecule has 0 aliphatic heterocycles. The minimum absolute atomic E-state index is 0.719. The minimum atomic E-state index is 0.719. The molecule has 0 amide bonds. The SMILES string of the molecule is CNCc1cn(Sc2cccnc2)c2cc(Nc3c(C)cccc3Cl)ccc12. The van der Waals surface area contributed by atoms with Gasteiger partial charge in [0.1, 0.15) is 0 Å². The van der Waals surface area contributed by atoms with E-state index in [1.165, 1.54) is 10.9 Å². The van der Waals surface area contributed by atoms with E-state index in [1.54, 1.807) is 18.1 Å². The maximum atomic E-state index is 6.39. The van der Waals surface area contributed by atoms with E-state index in [0.29, 0.717) is 0 Å². The van der Waals surface area contributed by atoms with Gasteiger partial charge in [-0.05, 0) is 67.4 Å². The number of hydrogen-bond donors (Lipinski definition) is 2. The van der Waals surface area contributed by atoms with E-state index in [-0.39, 0.29) is 0 Å². The molecule has 0 unspecified atom stereocenters. The Labute approximate surface area is 174 Å². The highest BCUT2D eigenvalue weighted by Crippen LogP contribution is 2.34. The van der Waals surface area contributed by atoms with E-state index in [2.05, 4.69) is 63.0 Å². The van der Waals surface area contributed by atoms with Crippen molar-refractivity contribution < 1.29 is 0 Å². The topological polar surface area (TPSA) is 41.9 Å². The van der Waals surface area contributed by atoms with E-state index >= 15 is 0 Å². The lowest BCUT2D eigenvalue weighted by Gasteiger charge is -2.12. The van der Waals surface area contributed by atoms with Crippen LogP contribution in [0.2, 0.25) is 5.02 Å². The Morgan fingerprint density at radius 2 is 2.04 bits per heavy atom. The van der Waals surface area contributed by atoms with Gasteiger partial charge >= 0.3 is 0 Å². The molecule has 0 aliphatic carbocycles. The molecule has 2 N–H and O–H groups in total. The van der Waals surface area contributed by atoms with E-state index < -0.39 is 0 Å². The van der Waals surface area contributed by atoms with Crippen LogP contribution in [-0.2, 0) is 6.54 Å². The van der Waals surface area contributed by atoms with Crippen molar-refractivity contribution in [2.24, 2.45) is 0 Å². The molecule has 4 aromatic rings. The van der Waals surface area contributed by atoms with Crippen LogP contribution in [0.5, 0.6) is 0 Å². The lowest BCUT2D eigenvalue weighted by molar-refractivity contribution is 0.822. The molecule has 2 heterocycles. The molecule has 2 aromatic carbocycles. The van der Waals surface area contributed by atoms with Gasteiger partial charge in [-0.15, -0.1) is 0 Å². The Kier molecular flexibility index (Phi) is 5.57. The Morgan fingerprint density at radius 3 is 2.79 bits per heavy atom. The summed E-state index contributed by atoms with van der Waals surface area (Å²) in [5, 5.41) is 8.68. The first kappa shape index (κ1) is 18.9. The van der Waals surface area contributed by atoms with Gasteiger partial charge in [-0.25, -0.2) is 0 Å². The van der Waals surface area contributed by atoms with Crippen molar-refractivity contribution in [3.63, 3.8) is 0 Å². The second-order valence-electron chi connectivity index (χ2n) is 6.58. The summed E-state index contributed by atoms with van der Waals surface area (Å²) in [4.78, 5) is 5.32. The predicted molar refractivity (Wildman–Crippen MR) is 120 cm³/mol. The number of aromatic nitrogens is 2. The van der Waals surface area contributed by atoms with Gasteiger partial charge in [0.2, 0.25) is 0 Å². The van der Waals surface area contributed by atoms with Crippen LogP contribution in [-0.4, -0.2) is 16.0 Å². The van der Waals surface area contributed by atoms with Gasteiger partial charge in [0.15, 0.2) is 0 Å². The van der Waals surface area contributed by atoms with Crippen molar-refractivity contribution in [1.82, 2.24) is 14.3 Å². The number of nitrogens with zero attached hydrogens (tertiary/aromatic N) is 2. The quantitative estimate of drug-likeness (QED) is 0.409. The Hall–Kier alpha value is -2.47. The lowest BCUT2D eigenvalue weighted by atomic mass is 10.1. The number of rotatable bonds is 6. The summed E-state index contributed by atoms with van der Waals surface area (Å²) in [6.07, 6.45) is 5.85. The molecule has 0 fully saturated rings. The third-order valence-corrected chi connectivity index (χ3v) is 5.82. The minimum Gasteiger partial charge on any atom is -0.354 e. The van der Waals surface area contributed by atoms with Crippen molar-refractivity contribution in [3.05, 3.63) is 83.3 Å². The Balaban J connectivity index is 1.75. The van der Waals surface area contributed by atoms with Crippen LogP contribution in [0.3, 0.4) is 0 Å². The first-order valence-corrected chi connectivity index (χ1v) is 10.2. The van der Waals surface area contributed by atoms with Crippen LogP contribution in [0, 0.1) is 6.92 Å². The molecule has 0 atom stereocenters. The third-order valence-electron chi connectivity index (χ3n) is 4.55. The van der Waals surface area contributed by atoms with Gasteiger partial charge in [0.25, 0.3) is 0 Å². The average Bonchev–Trinajstić information content (AvgIpc) is 3.03. The summed E-state index contributed by atoms with van der Waals surface area (Å²) in [5.74, 6) is 0. The van der Waals surface area contributed by atoms with E-state index in [0.717, 1.165) is 38.9 Å². The van der Waals surface area contributed by atoms with Crippen LogP contribution >= 0.6 is 23.5 Å². The molecule has 142 valence electrons. The van der Waals surface area contributed by atoms with E-state index in [9.17, 15) is 0 Å². The molecular formula is C22H21ClN4S. The second kappa shape index (κ2) is 8.27. The number of para-hydroxylation sites is 1. The monoisotopic (exact) mass is 408 g/mol. The van der Waals surface area contributed by atoms with Crippen LogP contribution in [0.15, 0.2) is 72.0 Å². The first-order valence-electron chi connectivity index (χ1n) is 9.05. The molecule has 0 saturated heterocycles. The number of hydrogen-bond acceptors (Lipinski definition) is 4. The van der Waals surface area contributed by atoms with Crippen molar-refractivity contribution in [3.8, 4) is 0 Å². The highest BCUT2D eigenvalue weighted by atomic mass is 35.5. The van der Waals surface area contributed by atoms with Crippen molar-refractivity contribution >= 4 is 45.8 Å². The normalized spacial score (nSPS) is 11.1. The molecule has 0 aliphatic rings. The highest BCUT2D eigenvalue weighted by molar-refractivity contribution is 7.98. The van der Waals surface area contributed by atoms with Crippen molar-refractivity contribution in [2.75, 3.05) is 12.4 Å². The van der Waals surface area contributed by atoms with Crippen LogP contribution in [0.4, 0.5) is 11.4 Å².